The zero-order valence-corrected chi connectivity index (χ0v) is 17.1. The molecule has 0 bridgehead atoms. The van der Waals surface area contributed by atoms with Crippen LogP contribution in [0.15, 0.2) is 69.9 Å². The van der Waals surface area contributed by atoms with Gasteiger partial charge in [0.05, 0.1) is 17.0 Å². The molecule has 5 rings (SSSR count). The highest BCUT2D eigenvalue weighted by atomic mass is 35.5. The van der Waals surface area contributed by atoms with Crippen LogP contribution in [0.5, 0.6) is 0 Å². The zero-order chi connectivity index (χ0) is 21.0. The summed E-state index contributed by atoms with van der Waals surface area (Å²) < 4.78 is 5.93. The number of aryl methyl sites for hydroxylation is 2. The summed E-state index contributed by atoms with van der Waals surface area (Å²) in [5.41, 5.74) is 3.05. The summed E-state index contributed by atoms with van der Waals surface area (Å²) in [7, 11) is 0. The Kier molecular flexibility index (Phi) is 4.22. The Morgan fingerprint density at radius 1 is 1.00 bits per heavy atom. The van der Waals surface area contributed by atoms with Crippen LogP contribution in [0.2, 0.25) is 5.02 Å². The van der Waals surface area contributed by atoms with Gasteiger partial charge in [-0.3, -0.25) is 14.5 Å². The predicted octanol–water partition coefficient (Wildman–Crippen LogP) is 5.21. The molecule has 1 aliphatic heterocycles. The molecule has 1 amide bonds. The van der Waals surface area contributed by atoms with E-state index in [2.05, 4.69) is 4.98 Å². The molecule has 0 aliphatic carbocycles. The van der Waals surface area contributed by atoms with Gasteiger partial charge in [-0.25, -0.2) is 4.98 Å². The molecule has 4 aromatic rings. The number of carbonyl (C=O) groups is 1. The first-order valence-corrected chi connectivity index (χ1v) is 9.92. The molecule has 1 aliphatic rings. The van der Waals surface area contributed by atoms with Crippen molar-refractivity contribution in [3.05, 3.63) is 104 Å². The first-order chi connectivity index (χ1) is 14.4. The number of pyridine rings is 1. The second-order valence-electron chi connectivity index (χ2n) is 7.44. The Hall–Kier alpha value is -3.44. The van der Waals surface area contributed by atoms with Gasteiger partial charge in [-0.15, -0.1) is 0 Å². The van der Waals surface area contributed by atoms with E-state index < -0.39 is 6.04 Å². The maximum absolute atomic E-state index is 13.5. The minimum absolute atomic E-state index is 0.0451. The Bertz CT molecular complexity index is 1380. The van der Waals surface area contributed by atoms with Crippen molar-refractivity contribution in [1.29, 1.82) is 0 Å². The monoisotopic (exact) mass is 416 g/mol. The van der Waals surface area contributed by atoms with Crippen LogP contribution < -0.4 is 10.3 Å². The van der Waals surface area contributed by atoms with Crippen LogP contribution in [0, 0.1) is 13.8 Å². The number of rotatable bonds is 2. The number of hydrogen-bond donors (Lipinski definition) is 0. The van der Waals surface area contributed by atoms with Crippen molar-refractivity contribution in [2.24, 2.45) is 0 Å². The van der Waals surface area contributed by atoms with Crippen molar-refractivity contribution in [1.82, 2.24) is 4.98 Å². The van der Waals surface area contributed by atoms with E-state index in [9.17, 15) is 9.59 Å². The molecule has 2 aromatic heterocycles. The summed E-state index contributed by atoms with van der Waals surface area (Å²) in [6.07, 6.45) is 0. The molecule has 1 atom stereocenters. The van der Waals surface area contributed by atoms with Gasteiger partial charge in [-0.2, -0.15) is 0 Å². The standard InChI is InChI=1S/C24H17ClN2O3/c1-13-6-8-15(9-7-13)21-20-22(28)17-12-16(25)10-11-18(17)30-23(20)24(29)27(21)19-5-3-4-14(2)26-19/h3-12,21H,1-2H3/t21-/m1/s1. The molecular weight excluding hydrogens is 400 g/mol. The fraction of sp³-hybridized carbons (Fsp3) is 0.125. The van der Waals surface area contributed by atoms with Crippen molar-refractivity contribution in [3.63, 3.8) is 0 Å². The summed E-state index contributed by atoms with van der Waals surface area (Å²) in [6, 6.07) is 17.4. The van der Waals surface area contributed by atoms with Gasteiger partial charge in [0.15, 0.2) is 5.43 Å². The highest BCUT2D eigenvalue weighted by molar-refractivity contribution is 6.31. The lowest BCUT2D eigenvalue weighted by molar-refractivity contribution is 0.0970. The Balaban J connectivity index is 1.83. The molecule has 0 fully saturated rings. The summed E-state index contributed by atoms with van der Waals surface area (Å²) in [6.45, 7) is 3.85. The maximum Gasteiger partial charge on any atom is 0.296 e. The zero-order valence-electron chi connectivity index (χ0n) is 16.3. The first kappa shape index (κ1) is 18.6. The van der Waals surface area contributed by atoms with Crippen LogP contribution >= 0.6 is 11.6 Å². The summed E-state index contributed by atoms with van der Waals surface area (Å²) >= 11 is 6.12. The molecular formula is C24H17ClN2O3. The summed E-state index contributed by atoms with van der Waals surface area (Å²) in [5, 5.41) is 0.786. The van der Waals surface area contributed by atoms with Crippen LogP contribution in [0.25, 0.3) is 11.0 Å². The van der Waals surface area contributed by atoms with Crippen LogP contribution in [0.3, 0.4) is 0 Å². The third-order valence-corrected chi connectivity index (χ3v) is 5.58. The van der Waals surface area contributed by atoms with Gasteiger partial charge in [-0.1, -0.05) is 47.5 Å². The van der Waals surface area contributed by atoms with E-state index in [1.165, 1.54) is 4.90 Å². The maximum atomic E-state index is 13.5. The van der Waals surface area contributed by atoms with Crippen molar-refractivity contribution >= 4 is 34.3 Å². The molecule has 0 radical (unpaired) electrons. The molecule has 30 heavy (non-hydrogen) atoms. The third-order valence-electron chi connectivity index (χ3n) is 5.35. The molecule has 5 nitrogen and oxygen atoms in total. The average molecular weight is 417 g/mol. The lowest BCUT2D eigenvalue weighted by atomic mass is 9.97. The van der Waals surface area contributed by atoms with Crippen LogP contribution in [0.1, 0.15) is 39.0 Å². The van der Waals surface area contributed by atoms with Crippen LogP contribution in [-0.4, -0.2) is 10.9 Å². The number of benzene rings is 2. The van der Waals surface area contributed by atoms with E-state index in [0.717, 1.165) is 16.8 Å². The van der Waals surface area contributed by atoms with Gasteiger partial charge in [0.2, 0.25) is 5.76 Å². The number of fused-ring (bicyclic) bond motifs is 2. The van der Waals surface area contributed by atoms with Gasteiger partial charge in [0.25, 0.3) is 5.91 Å². The Morgan fingerprint density at radius 2 is 1.77 bits per heavy atom. The lowest BCUT2D eigenvalue weighted by Gasteiger charge is -2.24. The Labute approximate surface area is 177 Å². The smallest absolute Gasteiger partial charge is 0.296 e. The highest BCUT2D eigenvalue weighted by Gasteiger charge is 2.44. The fourth-order valence-corrected chi connectivity index (χ4v) is 4.08. The summed E-state index contributed by atoms with van der Waals surface area (Å²) in [4.78, 5) is 33.0. The molecule has 0 unspecified atom stereocenters. The number of aromatic nitrogens is 1. The predicted molar refractivity (Wildman–Crippen MR) is 116 cm³/mol. The molecule has 0 saturated carbocycles. The van der Waals surface area contributed by atoms with Gasteiger partial charge >= 0.3 is 0 Å². The number of anilines is 1. The quantitative estimate of drug-likeness (QED) is 0.450. The lowest BCUT2D eigenvalue weighted by Crippen LogP contribution is -2.30. The minimum Gasteiger partial charge on any atom is -0.450 e. The summed E-state index contributed by atoms with van der Waals surface area (Å²) in [5.74, 6) is 0.129. The fourth-order valence-electron chi connectivity index (χ4n) is 3.91. The second-order valence-corrected chi connectivity index (χ2v) is 7.88. The first-order valence-electron chi connectivity index (χ1n) is 9.54. The van der Waals surface area contributed by atoms with Crippen LogP contribution in [0.4, 0.5) is 5.82 Å². The molecule has 3 heterocycles. The van der Waals surface area contributed by atoms with Gasteiger partial charge in [0, 0.05) is 10.7 Å². The van der Waals surface area contributed by atoms with E-state index in [4.69, 9.17) is 16.0 Å². The van der Waals surface area contributed by atoms with E-state index in [1.54, 1.807) is 24.3 Å². The van der Waals surface area contributed by atoms with Crippen LogP contribution in [-0.2, 0) is 0 Å². The highest BCUT2D eigenvalue weighted by Crippen LogP contribution is 2.40. The number of amides is 1. The second kappa shape index (κ2) is 6.82. The molecule has 148 valence electrons. The number of carbonyl (C=O) groups excluding carboxylic acids is 1. The topological polar surface area (TPSA) is 63.4 Å². The SMILES string of the molecule is Cc1ccc([C@@H]2c3c(oc4ccc(Cl)cc4c3=O)C(=O)N2c2cccc(C)n2)cc1. The van der Waals surface area contributed by atoms with Crippen molar-refractivity contribution < 1.29 is 9.21 Å². The van der Waals surface area contributed by atoms with E-state index in [1.807, 2.05) is 50.2 Å². The van der Waals surface area contributed by atoms with Crippen molar-refractivity contribution in [3.8, 4) is 0 Å². The van der Waals surface area contributed by atoms with Gasteiger partial charge < -0.3 is 4.42 Å². The van der Waals surface area contributed by atoms with Gasteiger partial charge in [0.1, 0.15) is 11.4 Å². The normalized spacial score (nSPS) is 15.6. The largest absolute Gasteiger partial charge is 0.450 e. The van der Waals surface area contributed by atoms with Gasteiger partial charge in [-0.05, 0) is 49.7 Å². The molecule has 0 N–H and O–H groups in total. The van der Waals surface area contributed by atoms with E-state index in [-0.39, 0.29) is 17.1 Å². The minimum atomic E-state index is -0.637. The number of nitrogens with zero attached hydrogens (tertiary/aromatic N) is 2. The number of hydrogen-bond acceptors (Lipinski definition) is 4. The third kappa shape index (κ3) is 2.82. The molecule has 2 aromatic carbocycles. The van der Waals surface area contributed by atoms with Crippen molar-refractivity contribution in [2.45, 2.75) is 19.9 Å². The Morgan fingerprint density at radius 3 is 2.50 bits per heavy atom. The van der Waals surface area contributed by atoms with E-state index in [0.29, 0.717) is 27.4 Å². The molecule has 6 heteroatoms. The molecule has 0 spiro atoms. The number of halogens is 1. The van der Waals surface area contributed by atoms with E-state index >= 15 is 0 Å². The van der Waals surface area contributed by atoms with Crippen molar-refractivity contribution in [2.75, 3.05) is 4.90 Å². The molecule has 0 saturated heterocycles. The average Bonchev–Trinajstić information content (AvgIpc) is 3.02.